The summed E-state index contributed by atoms with van der Waals surface area (Å²) in [6.07, 6.45) is 0.516. The Morgan fingerprint density at radius 2 is 2.11 bits per heavy atom. The van der Waals surface area contributed by atoms with Gasteiger partial charge >= 0.3 is 5.97 Å². The van der Waals surface area contributed by atoms with Gasteiger partial charge in [0.15, 0.2) is 0 Å². The maximum Gasteiger partial charge on any atom is 0.340 e. The highest BCUT2D eigenvalue weighted by atomic mass is 35.5. The van der Waals surface area contributed by atoms with Crippen LogP contribution in [-0.2, 0) is 11.2 Å². The molecule has 1 unspecified atom stereocenters. The molecule has 0 saturated carbocycles. The number of esters is 1. The van der Waals surface area contributed by atoms with Crippen molar-refractivity contribution < 1.29 is 14.6 Å². The molecule has 4 N–H and O–H groups in total. The number of hydrogen-bond acceptors (Lipinski definition) is 4. The number of hydrogen-bond donors (Lipinski definition) is 3. The van der Waals surface area contributed by atoms with Crippen LogP contribution in [0.25, 0.3) is 0 Å². The van der Waals surface area contributed by atoms with E-state index >= 15 is 0 Å². The highest BCUT2D eigenvalue weighted by Crippen LogP contribution is 2.19. The number of aliphatic hydroxyl groups is 1. The lowest BCUT2D eigenvalue weighted by Crippen LogP contribution is -2.27. The zero-order valence-corrected chi connectivity index (χ0v) is 11.8. The molecule has 1 aromatic rings. The van der Waals surface area contributed by atoms with Crippen molar-refractivity contribution in [1.82, 2.24) is 4.98 Å². The summed E-state index contributed by atoms with van der Waals surface area (Å²) in [4.78, 5) is 14.9. The standard InChI is InChI=1S/C12H20N2O3.ClH/c1-4-17-12(16)11-7(2)10(14-8(11)3)5-9(13)6-15;/h9,14-15H,4-6,13H2,1-3H3;1H. The van der Waals surface area contributed by atoms with Crippen molar-refractivity contribution in [3.63, 3.8) is 0 Å². The molecule has 18 heavy (non-hydrogen) atoms. The van der Waals surface area contributed by atoms with Crippen molar-refractivity contribution in [3.8, 4) is 0 Å². The van der Waals surface area contributed by atoms with Gasteiger partial charge in [-0.25, -0.2) is 4.79 Å². The minimum Gasteiger partial charge on any atom is -0.462 e. The Balaban J connectivity index is 0.00000289. The monoisotopic (exact) mass is 276 g/mol. The molecule has 1 atom stereocenters. The van der Waals surface area contributed by atoms with Crippen molar-refractivity contribution in [3.05, 3.63) is 22.5 Å². The number of aromatic nitrogens is 1. The van der Waals surface area contributed by atoms with Crippen LogP contribution in [0.5, 0.6) is 0 Å². The van der Waals surface area contributed by atoms with Crippen LogP contribution in [0, 0.1) is 13.8 Å². The van der Waals surface area contributed by atoms with E-state index in [-0.39, 0.29) is 31.0 Å². The van der Waals surface area contributed by atoms with Crippen LogP contribution in [0.3, 0.4) is 0 Å². The third-order valence-corrected chi connectivity index (χ3v) is 2.72. The quantitative estimate of drug-likeness (QED) is 0.703. The van der Waals surface area contributed by atoms with Gasteiger partial charge in [0.1, 0.15) is 0 Å². The number of ether oxygens (including phenoxy) is 1. The van der Waals surface area contributed by atoms with Crippen LogP contribution >= 0.6 is 12.4 Å². The van der Waals surface area contributed by atoms with Crippen LogP contribution < -0.4 is 5.73 Å². The van der Waals surface area contributed by atoms with E-state index in [0.717, 1.165) is 17.0 Å². The van der Waals surface area contributed by atoms with Crippen molar-refractivity contribution in [2.45, 2.75) is 33.2 Å². The molecule has 0 aromatic carbocycles. The number of aromatic amines is 1. The lowest BCUT2D eigenvalue weighted by molar-refractivity contribution is 0.0525. The van der Waals surface area contributed by atoms with Crippen molar-refractivity contribution in [2.24, 2.45) is 5.73 Å². The Morgan fingerprint density at radius 3 is 2.61 bits per heavy atom. The normalized spacial score (nSPS) is 11.8. The van der Waals surface area contributed by atoms with Gasteiger partial charge in [-0.2, -0.15) is 0 Å². The smallest absolute Gasteiger partial charge is 0.340 e. The largest absolute Gasteiger partial charge is 0.462 e. The first kappa shape index (κ1) is 17.0. The van der Waals surface area contributed by atoms with Gasteiger partial charge in [-0.1, -0.05) is 0 Å². The molecular weight excluding hydrogens is 256 g/mol. The number of aliphatic hydroxyl groups excluding tert-OH is 1. The molecule has 1 aromatic heterocycles. The number of halogens is 1. The molecule has 0 saturated heterocycles. The number of H-pyrrole nitrogens is 1. The predicted octanol–water partition coefficient (Wildman–Crippen LogP) is 1.09. The van der Waals surface area contributed by atoms with Gasteiger partial charge in [-0.3, -0.25) is 0 Å². The predicted molar refractivity (Wildman–Crippen MR) is 72.2 cm³/mol. The number of carbonyl (C=O) groups excluding carboxylic acids is 1. The fourth-order valence-corrected chi connectivity index (χ4v) is 1.86. The topological polar surface area (TPSA) is 88.3 Å². The molecule has 0 aliphatic carbocycles. The second-order valence-corrected chi connectivity index (χ2v) is 4.10. The van der Waals surface area contributed by atoms with Crippen LogP contribution in [0.2, 0.25) is 0 Å². The molecule has 1 heterocycles. The number of carbonyl (C=O) groups is 1. The van der Waals surface area contributed by atoms with Gasteiger partial charge in [0.25, 0.3) is 0 Å². The van der Waals surface area contributed by atoms with Crippen LogP contribution in [0.15, 0.2) is 0 Å². The van der Waals surface area contributed by atoms with E-state index < -0.39 is 0 Å². The Morgan fingerprint density at radius 1 is 1.50 bits per heavy atom. The summed E-state index contributed by atoms with van der Waals surface area (Å²) in [7, 11) is 0. The minimum atomic E-state index is -0.318. The molecule has 0 amide bonds. The molecule has 0 aliphatic rings. The summed E-state index contributed by atoms with van der Waals surface area (Å²) in [6, 6.07) is -0.318. The number of nitrogens with two attached hydrogens (primary N) is 1. The zero-order valence-electron chi connectivity index (χ0n) is 10.9. The van der Waals surface area contributed by atoms with Gasteiger partial charge < -0.3 is 20.6 Å². The van der Waals surface area contributed by atoms with E-state index in [1.165, 1.54) is 0 Å². The fourth-order valence-electron chi connectivity index (χ4n) is 1.86. The molecular formula is C12H21ClN2O3. The highest BCUT2D eigenvalue weighted by molar-refractivity contribution is 5.92. The van der Waals surface area contributed by atoms with Crippen molar-refractivity contribution in [1.29, 1.82) is 0 Å². The van der Waals surface area contributed by atoms with Gasteiger partial charge in [-0.05, 0) is 26.3 Å². The van der Waals surface area contributed by atoms with Gasteiger partial charge in [0.05, 0.1) is 18.8 Å². The number of aryl methyl sites for hydroxylation is 1. The maximum atomic E-state index is 11.7. The Bertz CT molecular complexity index is 404. The molecule has 6 heteroatoms. The Hall–Kier alpha value is -1.04. The van der Waals surface area contributed by atoms with Crippen LogP contribution in [-0.4, -0.2) is 35.3 Å². The van der Waals surface area contributed by atoms with E-state index in [1.807, 2.05) is 13.8 Å². The lowest BCUT2D eigenvalue weighted by Gasteiger charge is -2.07. The first-order valence-electron chi connectivity index (χ1n) is 5.72. The summed E-state index contributed by atoms with van der Waals surface area (Å²) >= 11 is 0. The zero-order chi connectivity index (χ0) is 13.0. The lowest BCUT2D eigenvalue weighted by atomic mass is 10.1. The Kier molecular flexibility index (Phi) is 6.98. The maximum absolute atomic E-state index is 11.7. The van der Waals surface area contributed by atoms with E-state index in [1.54, 1.807) is 6.92 Å². The average Bonchev–Trinajstić information content (AvgIpc) is 2.54. The summed E-state index contributed by atoms with van der Waals surface area (Å²) < 4.78 is 4.99. The third kappa shape index (κ3) is 3.73. The van der Waals surface area contributed by atoms with E-state index in [2.05, 4.69) is 4.98 Å². The van der Waals surface area contributed by atoms with E-state index in [9.17, 15) is 4.79 Å². The van der Waals surface area contributed by atoms with Crippen LogP contribution in [0.4, 0.5) is 0 Å². The highest BCUT2D eigenvalue weighted by Gasteiger charge is 2.19. The molecule has 0 radical (unpaired) electrons. The SMILES string of the molecule is CCOC(=O)c1c(C)[nH]c(CC(N)CO)c1C.Cl. The van der Waals surface area contributed by atoms with E-state index in [4.69, 9.17) is 15.6 Å². The first-order chi connectivity index (χ1) is 8.01. The number of rotatable bonds is 5. The molecule has 0 aliphatic heterocycles. The van der Waals surface area contributed by atoms with Crippen LogP contribution in [0.1, 0.15) is 34.2 Å². The summed E-state index contributed by atoms with van der Waals surface area (Å²) in [6.45, 7) is 5.74. The molecule has 0 bridgehead atoms. The van der Waals surface area contributed by atoms with Gasteiger partial charge in [0.2, 0.25) is 0 Å². The summed E-state index contributed by atoms with van der Waals surface area (Å²) in [5.74, 6) is -0.317. The summed E-state index contributed by atoms with van der Waals surface area (Å²) in [5, 5.41) is 8.93. The molecule has 0 fully saturated rings. The van der Waals surface area contributed by atoms with Gasteiger partial charge in [0, 0.05) is 23.9 Å². The third-order valence-electron chi connectivity index (χ3n) is 2.72. The second-order valence-electron chi connectivity index (χ2n) is 4.10. The average molecular weight is 277 g/mol. The van der Waals surface area contributed by atoms with E-state index in [0.29, 0.717) is 18.6 Å². The minimum absolute atomic E-state index is 0. The van der Waals surface area contributed by atoms with Crippen molar-refractivity contribution in [2.75, 3.05) is 13.2 Å². The molecule has 104 valence electrons. The fraction of sp³-hybridized carbons (Fsp3) is 0.583. The summed E-state index contributed by atoms with van der Waals surface area (Å²) in [5.41, 5.74) is 8.77. The number of nitrogens with one attached hydrogen (secondary N) is 1. The molecule has 1 rings (SSSR count). The Labute approximate surface area is 113 Å². The molecule has 0 spiro atoms. The van der Waals surface area contributed by atoms with Crippen molar-refractivity contribution >= 4 is 18.4 Å². The molecule has 5 nitrogen and oxygen atoms in total. The van der Waals surface area contributed by atoms with Gasteiger partial charge in [-0.15, -0.1) is 12.4 Å². The first-order valence-corrected chi connectivity index (χ1v) is 5.72. The second kappa shape index (κ2) is 7.41.